The summed E-state index contributed by atoms with van der Waals surface area (Å²) in [5, 5.41) is 6.01. The van der Waals surface area contributed by atoms with Crippen LogP contribution in [0, 0.1) is 6.92 Å². The number of H-pyrrole nitrogens is 1. The summed E-state index contributed by atoms with van der Waals surface area (Å²) >= 11 is 1.41. The highest BCUT2D eigenvalue weighted by atomic mass is 32.2. The third kappa shape index (κ3) is 4.68. The lowest BCUT2D eigenvalue weighted by Crippen LogP contribution is -2.20. The van der Waals surface area contributed by atoms with Gasteiger partial charge >= 0.3 is 0 Å². The number of carbonyl (C=O) groups is 1. The fourth-order valence-corrected chi connectivity index (χ4v) is 4.54. The van der Waals surface area contributed by atoms with Gasteiger partial charge in [-0.2, -0.15) is 5.10 Å². The van der Waals surface area contributed by atoms with Gasteiger partial charge in [0.05, 0.1) is 29.5 Å². The second-order valence-corrected chi connectivity index (χ2v) is 8.77. The van der Waals surface area contributed by atoms with Gasteiger partial charge in [-0.15, -0.1) is 0 Å². The van der Waals surface area contributed by atoms with E-state index in [0.717, 1.165) is 32.7 Å². The van der Waals surface area contributed by atoms with Crippen molar-refractivity contribution < 1.29 is 4.79 Å². The average molecular weight is 454 g/mol. The van der Waals surface area contributed by atoms with Crippen LogP contribution in [0.1, 0.15) is 16.7 Å². The van der Waals surface area contributed by atoms with Crippen LogP contribution in [-0.4, -0.2) is 32.4 Å². The molecular weight excluding hydrogens is 430 g/mol. The van der Waals surface area contributed by atoms with Gasteiger partial charge in [-0.1, -0.05) is 71.9 Å². The standard InChI is InChI=1S/C26H23N5OS/c1-18-10-12-19(13-11-18)16-31-24-9-5-4-8-23(24)29-26(31)33-17-25(32)30-28-15-20-14-27-22-7-3-2-6-21(20)22/h2-15,27H,16-17H2,1H3,(H,30,32). The van der Waals surface area contributed by atoms with Crippen molar-refractivity contribution in [2.24, 2.45) is 5.10 Å². The fraction of sp³-hybridized carbons (Fsp3) is 0.115. The minimum absolute atomic E-state index is 0.176. The molecule has 0 saturated heterocycles. The lowest BCUT2D eigenvalue weighted by molar-refractivity contribution is -0.118. The number of nitrogens with one attached hydrogen (secondary N) is 2. The van der Waals surface area contributed by atoms with Gasteiger partial charge in [-0.05, 0) is 30.7 Å². The predicted octanol–water partition coefficient (Wildman–Crippen LogP) is 5.12. The van der Waals surface area contributed by atoms with Gasteiger partial charge in [0.15, 0.2) is 5.16 Å². The molecule has 0 spiro atoms. The van der Waals surface area contributed by atoms with Crippen molar-refractivity contribution in [1.82, 2.24) is 20.0 Å². The number of nitrogens with zero attached hydrogens (tertiary/aromatic N) is 3. The number of hydrogen-bond acceptors (Lipinski definition) is 4. The van der Waals surface area contributed by atoms with Crippen molar-refractivity contribution in [1.29, 1.82) is 0 Å². The minimum atomic E-state index is -0.176. The van der Waals surface area contributed by atoms with Crippen LogP contribution in [0.5, 0.6) is 0 Å². The minimum Gasteiger partial charge on any atom is -0.361 e. The van der Waals surface area contributed by atoms with Crippen LogP contribution in [0.15, 0.2) is 89.3 Å². The summed E-state index contributed by atoms with van der Waals surface area (Å²) in [6.07, 6.45) is 3.54. The lowest BCUT2D eigenvalue weighted by atomic mass is 10.1. The number of benzene rings is 3. The molecule has 33 heavy (non-hydrogen) atoms. The number of rotatable bonds is 7. The van der Waals surface area contributed by atoms with E-state index in [1.807, 2.05) is 48.7 Å². The summed E-state index contributed by atoms with van der Waals surface area (Å²) in [4.78, 5) is 20.4. The summed E-state index contributed by atoms with van der Waals surface area (Å²) in [6, 6.07) is 24.5. The highest BCUT2D eigenvalue weighted by Gasteiger charge is 2.13. The van der Waals surface area contributed by atoms with E-state index in [0.29, 0.717) is 6.54 Å². The maximum atomic E-state index is 12.4. The molecule has 1 amide bonds. The zero-order chi connectivity index (χ0) is 22.6. The smallest absolute Gasteiger partial charge is 0.250 e. The van der Waals surface area contributed by atoms with Gasteiger partial charge in [0.25, 0.3) is 5.91 Å². The van der Waals surface area contributed by atoms with Crippen molar-refractivity contribution in [2.45, 2.75) is 18.6 Å². The highest BCUT2D eigenvalue weighted by molar-refractivity contribution is 7.99. The molecule has 0 unspecified atom stereocenters. The Balaban J connectivity index is 1.27. The van der Waals surface area contributed by atoms with Crippen LogP contribution in [0.25, 0.3) is 21.9 Å². The number of aromatic amines is 1. The molecule has 2 aromatic heterocycles. The van der Waals surface area contributed by atoms with Gasteiger partial charge < -0.3 is 9.55 Å². The predicted molar refractivity (Wildman–Crippen MR) is 135 cm³/mol. The second-order valence-electron chi connectivity index (χ2n) is 7.83. The topological polar surface area (TPSA) is 75.1 Å². The van der Waals surface area contributed by atoms with Gasteiger partial charge in [-0.25, -0.2) is 10.4 Å². The third-order valence-electron chi connectivity index (χ3n) is 5.43. The molecule has 7 heteroatoms. The first-order valence-corrected chi connectivity index (χ1v) is 11.7. The van der Waals surface area contributed by atoms with E-state index in [9.17, 15) is 4.79 Å². The van der Waals surface area contributed by atoms with Crippen molar-refractivity contribution in [3.05, 3.63) is 95.7 Å². The average Bonchev–Trinajstić information content (AvgIpc) is 3.41. The molecular formula is C26H23N5OS. The number of imidazole rings is 1. The quantitative estimate of drug-likeness (QED) is 0.204. The van der Waals surface area contributed by atoms with Crippen LogP contribution in [0.3, 0.4) is 0 Å². The first kappa shape index (κ1) is 21.0. The molecule has 6 nitrogen and oxygen atoms in total. The molecule has 0 atom stereocenters. The summed E-state index contributed by atoms with van der Waals surface area (Å²) in [5.41, 5.74) is 8.99. The van der Waals surface area contributed by atoms with Crippen LogP contribution >= 0.6 is 11.8 Å². The van der Waals surface area contributed by atoms with E-state index in [4.69, 9.17) is 4.98 Å². The Morgan fingerprint density at radius 2 is 1.88 bits per heavy atom. The zero-order valence-corrected chi connectivity index (χ0v) is 19.0. The van der Waals surface area contributed by atoms with Crippen molar-refractivity contribution in [2.75, 3.05) is 5.75 Å². The fourth-order valence-electron chi connectivity index (χ4n) is 3.73. The van der Waals surface area contributed by atoms with E-state index >= 15 is 0 Å². The Morgan fingerprint density at radius 3 is 2.76 bits per heavy atom. The van der Waals surface area contributed by atoms with E-state index in [-0.39, 0.29) is 11.7 Å². The molecule has 164 valence electrons. The van der Waals surface area contributed by atoms with E-state index in [1.165, 1.54) is 22.9 Å². The SMILES string of the molecule is Cc1ccc(Cn2c(SCC(=O)NN=Cc3c[nH]c4ccccc34)nc3ccccc32)cc1. The Morgan fingerprint density at radius 1 is 1.09 bits per heavy atom. The molecule has 5 rings (SSSR count). The monoisotopic (exact) mass is 453 g/mol. The van der Waals surface area contributed by atoms with E-state index < -0.39 is 0 Å². The number of hydrazone groups is 1. The summed E-state index contributed by atoms with van der Waals surface area (Å²) < 4.78 is 2.16. The van der Waals surface area contributed by atoms with Crippen LogP contribution in [-0.2, 0) is 11.3 Å². The molecule has 0 fully saturated rings. The molecule has 0 aliphatic heterocycles. The molecule has 2 N–H and O–H groups in total. The van der Waals surface area contributed by atoms with Crippen LogP contribution < -0.4 is 5.43 Å². The number of carbonyl (C=O) groups excluding carboxylic acids is 1. The largest absolute Gasteiger partial charge is 0.361 e. The molecule has 2 heterocycles. The molecule has 0 aliphatic rings. The molecule has 0 aliphatic carbocycles. The number of amides is 1. The van der Waals surface area contributed by atoms with E-state index in [1.54, 1.807) is 6.21 Å². The lowest BCUT2D eigenvalue weighted by Gasteiger charge is -2.09. The number of para-hydroxylation sites is 3. The summed E-state index contributed by atoms with van der Waals surface area (Å²) in [6.45, 7) is 2.78. The van der Waals surface area contributed by atoms with Gasteiger partial charge in [0.1, 0.15) is 0 Å². The molecule has 3 aromatic carbocycles. The third-order valence-corrected chi connectivity index (χ3v) is 6.40. The molecule has 0 saturated carbocycles. The second kappa shape index (κ2) is 9.34. The maximum absolute atomic E-state index is 12.4. The Kier molecular flexibility index (Phi) is 5.95. The number of aromatic nitrogens is 3. The number of thioether (sulfide) groups is 1. The number of aryl methyl sites for hydroxylation is 1. The summed E-state index contributed by atoms with van der Waals surface area (Å²) in [7, 11) is 0. The summed E-state index contributed by atoms with van der Waals surface area (Å²) in [5.74, 6) is 0.0488. The van der Waals surface area contributed by atoms with E-state index in [2.05, 4.69) is 57.3 Å². The first-order valence-electron chi connectivity index (χ1n) is 10.7. The number of hydrogen-bond donors (Lipinski definition) is 2. The Labute approximate surface area is 195 Å². The van der Waals surface area contributed by atoms with Gasteiger partial charge in [0.2, 0.25) is 0 Å². The number of fused-ring (bicyclic) bond motifs is 2. The van der Waals surface area contributed by atoms with Crippen molar-refractivity contribution in [3.8, 4) is 0 Å². The van der Waals surface area contributed by atoms with Crippen molar-refractivity contribution >= 4 is 45.8 Å². The van der Waals surface area contributed by atoms with Gasteiger partial charge in [0, 0.05) is 22.7 Å². The Hall–Kier alpha value is -3.84. The normalized spacial score (nSPS) is 11.5. The Bertz CT molecular complexity index is 1450. The van der Waals surface area contributed by atoms with Gasteiger partial charge in [-0.3, -0.25) is 4.79 Å². The van der Waals surface area contributed by atoms with Crippen molar-refractivity contribution in [3.63, 3.8) is 0 Å². The highest BCUT2D eigenvalue weighted by Crippen LogP contribution is 2.25. The molecule has 5 aromatic rings. The van der Waals surface area contributed by atoms with Crippen LogP contribution in [0.2, 0.25) is 0 Å². The maximum Gasteiger partial charge on any atom is 0.250 e. The molecule has 0 bridgehead atoms. The molecule has 0 radical (unpaired) electrons. The zero-order valence-electron chi connectivity index (χ0n) is 18.2. The first-order chi connectivity index (χ1) is 16.2. The van der Waals surface area contributed by atoms with Crippen LogP contribution in [0.4, 0.5) is 0 Å².